The van der Waals surface area contributed by atoms with Crippen molar-refractivity contribution in [3.63, 3.8) is 0 Å². The van der Waals surface area contributed by atoms with Crippen LogP contribution >= 0.6 is 0 Å². The minimum Gasteiger partial charge on any atom is -0.462 e. The zero-order chi connectivity index (χ0) is 17.3. The van der Waals surface area contributed by atoms with E-state index in [1.165, 1.54) is 0 Å². The lowest BCUT2D eigenvalue weighted by Gasteiger charge is -2.33. The van der Waals surface area contributed by atoms with Crippen molar-refractivity contribution in [2.24, 2.45) is 0 Å². The number of alkyl halides is 3. The summed E-state index contributed by atoms with van der Waals surface area (Å²) in [4.78, 5) is 12.0. The molecule has 2 heterocycles. The fraction of sp³-hybridized carbons (Fsp3) is 0.375. The Morgan fingerprint density at radius 1 is 1.38 bits per heavy atom. The number of carbonyl (C=O) groups excluding carboxylic acids is 1. The zero-order valence-corrected chi connectivity index (χ0v) is 12.9. The Labute approximate surface area is 136 Å². The van der Waals surface area contributed by atoms with Crippen molar-refractivity contribution < 1.29 is 22.7 Å². The number of nitrogens with one attached hydrogen (secondary N) is 1. The van der Waals surface area contributed by atoms with Gasteiger partial charge in [0, 0.05) is 6.42 Å². The summed E-state index contributed by atoms with van der Waals surface area (Å²) in [5.41, 5.74) is 0.723. The maximum absolute atomic E-state index is 13.5. The van der Waals surface area contributed by atoms with Gasteiger partial charge in [-0.3, -0.25) is 0 Å². The van der Waals surface area contributed by atoms with E-state index in [1.54, 1.807) is 37.3 Å². The van der Waals surface area contributed by atoms with Crippen LogP contribution in [0.2, 0.25) is 0 Å². The van der Waals surface area contributed by atoms with Crippen LogP contribution in [-0.2, 0) is 4.74 Å². The van der Waals surface area contributed by atoms with Gasteiger partial charge in [-0.2, -0.15) is 18.3 Å². The average Bonchev–Trinajstić information content (AvgIpc) is 2.98. The van der Waals surface area contributed by atoms with E-state index in [4.69, 9.17) is 4.74 Å². The SMILES string of the molecule is CCOC(=O)c1cnn2c1N[C@@H](c1ccccc1)C[C@@H]2C(F)(F)F. The Morgan fingerprint density at radius 2 is 2.08 bits per heavy atom. The third-order valence-corrected chi connectivity index (χ3v) is 3.94. The fourth-order valence-corrected chi connectivity index (χ4v) is 2.82. The highest BCUT2D eigenvalue weighted by atomic mass is 19.4. The molecule has 0 fully saturated rings. The number of carbonyl (C=O) groups is 1. The van der Waals surface area contributed by atoms with Crippen LogP contribution in [0, 0.1) is 0 Å². The molecule has 2 aromatic rings. The highest BCUT2D eigenvalue weighted by Crippen LogP contribution is 2.44. The van der Waals surface area contributed by atoms with E-state index in [0.717, 1.165) is 10.9 Å². The molecule has 0 spiro atoms. The lowest BCUT2D eigenvalue weighted by Crippen LogP contribution is -2.36. The molecule has 3 rings (SSSR count). The molecular weight excluding hydrogens is 323 g/mol. The number of ether oxygens (including phenoxy) is 1. The first-order valence-corrected chi connectivity index (χ1v) is 7.54. The Hall–Kier alpha value is -2.51. The summed E-state index contributed by atoms with van der Waals surface area (Å²) in [6.07, 6.45) is -3.56. The number of esters is 1. The van der Waals surface area contributed by atoms with Crippen molar-refractivity contribution >= 4 is 11.8 Å². The van der Waals surface area contributed by atoms with Crippen molar-refractivity contribution in [2.45, 2.75) is 31.6 Å². The average molecular weight is 339 g/mol. The molecule has 0 saturated heterocycles. The van der Waals surface area contributed by atoms with E-state index in [0.29, 0.717) is 5.56 Å². The number of benzene rings is 1. The molecule has 0 saturated carbocycles. The highest BCUT2D eigenvalue weighted by molar-refractivity contribution is 5.94. The number of anilines is 1. The lowest BCUT2D eigenvalue weighted by molar-refractivity contribution is -0.173. The number of aromatic nitrogens is 2. The Bertz CT molecular complexity index is 728. The van der Waals surface area contributed by atoms with Crippen molar-refractivity contribution in [1.82, 2.24) is 9.78 Å². The summed E-state index contributed by atoms with van der Waals surface area (Å²) in [5, 5.41) is 6.77. The molecule has 0 amide bonds. The molecule has 0 bridgehead atoms. The molecule has 5 nitrogen and oxygen atoms in total. The molecule has 1 aliphatic heterocycles. The van der Waals surface area contributed by atoms with Crippen LogP contribution in [0.25, 0.3) is 0 Å². The van der Waals surface area contributed by atoms with Gasteiger partial charge in [-0.1, -0.05) is 30.3 Å². The minimum absolute atomic E-state index is 0.00623. The van der Waals surface area contributed by atoms with Crippen LogP contribution in [0.5, 0.6) is 0 Å². The molecule has 1 aromatic heterocycles. The molecule has 1 aromatic carbocycles. The van der Waals surface area contributed by atoms with Crippen molar-refractivity contribution in [3.05, 3.63) is 47.7 Å². The van der Waals surface area contributed by atoms with E-state index in [-0.39, 0.29) is 24.4 Å². The van der Waals surface area contributed by atoms with Gasteiger partial charge >= 0.3 is 12.1 Å². The van der Waals surface area contributed by atoms with E-state index in [9.17, 15) is 18.0 Å². The fourth-order valence-electron chi connectivity index (χ4n) is 2.82. The summed E-state index contributed by atoms with van der Waals surface area (Å²) in [6.45, 7) is 1.76. The third kappa shape index (κ3) is 2.95. The Balaban J connectivity index is 2.03. The van der Waals surface area contributed by atoms with E-state index >= 15 is 0 Å². The van der Waals surface area contributed by atoms with Crippen LogP contribution in [0.15, 0.2) is 36.5 Å². The standard InChI is InChI=1S/C16H16F3N3O2/c1-2-24-15(23)11-9-20-22-13(16(17,18)19)8-12(21-14(11)22)10-6-4-3-5-7-10/h3-7,9,12-13,21H,2,8H2,1H3/t12-,13-/m1/s1. The number of hydrogen-bond acceptors (Lipinski definition) is 4. The van der Waals surface area contributed by atoms with Crippen LogP contribution in [0.3, 0.4) is 0 Å². The van der Waals surface area contributed by atoms with Crippen molar-refractivity contribution in [3.8, 4) is 0 Å². The highest BCUT2D eigenvalue weighted by Gasteiger charge is 2.47. The quantitative estimate of drug-likeness (QED) is 0.866. The lowest BCUT2D eigenvalue weighted by atomic mass is 9.96. The first kappa shape index (κ1) is 16.4. The van der Waals surface area contributed by atoms with Crippen LogP contribution in [0.1, 0.15) is 41.3 Å². The normalized spacial score (nSPS) is 20.2. The molecule has 24 heavy (non-hydrogen) atoms. The predicted molar refractivity (Wildman–Crippen MR) is 80.7 cm³/mol. The van der Waals surface area contributed by atoms with Gasteiger partial charge in [-0.05, 0) is 12.5 Å². The molecular formula is C16H16F3N3O2. The first-order chi connectivity index (χ1) is 11.4. The van der Waals surface area contributed by atoms with E-state index < -0.39 is 24.2 Å². The maximum Gasteiger partial charge on any atom is 0.410 e. The summed E-state index contributed by atoms with van der Waals surface area (Å²) in [7, 11) is 0. The molecule has 0 aliphatic carbocycles. The van der Waals surface area contributed by atoms with Gasteiger partial charge in [0.25, 0.3) is 0 Å². The van der Waals surface area contributed by atoms with Crippen LogP contribution < -0.4 is 5.32 Å². The second-order valence-electron chi connectivity index (χ2n) is 5.47. The first-order valence-electron chi connectivity index (χ1n) is 7.54. The topological polar surface area (TPSA) is 56.1 Å². The van der Waals surface area contributed by atoms with Gasteiger partial charge < -0.3 is 10.1 Å². The number of fused-ring (bicyclic) bond motifs is 1. The van der Waals surface area contributed by atoms with Gasteiger partial charge in [0.1, 0.15) is 11.4 Å². The van der Waals surface area contributed by atoms with Crippen LogP contribution in [-0.4, -0.2) is 28.5 Å². The second-order valence-corrected chi connectivity index (χ2v) is 5.47. The minimum atomic E-state index is -4.47. The molecule has 0 radical (unpaired) electrons. The van der Waals surface area contributed by atoms with Gasteiger partial charge in [0.2, 0.25) is 0 Å². The number of rotatable bonds is 3. The number of nitrogens with zero attached hydrogens (tertiary/aromatic N) is 2. The summed E-state index contributed by atoms with van der Waals surface area (Å²) in [5.74, 6) is -0.656. The monoisotopic (exact) mass is 339 g/mol. The predicted octanol–water partition coefficient (Wildman–Crippen LogP) is 3.72. The van der Waals surface area contributed by atoms with E-state index in [1.807, 2.05) is 0 Å². The van der Waals surface area contributed by atoms with Gasteiger partial charge in [0.15, 0.2) is 6.04 Å². The van der Waals surface area contributed by atoms with E-state index in [2.05, 4.69) is 10.4 Å². The smallest absolute Gasteiger partial charge is 0.410 e. The van der Waals surface area contributed by atoms with Gasteiger partial charge in [0.05, 0.1) is 18.8 Å². The molecule has 128 valence electrons. The summed E-state index contributed by atoms with van der Waals surface area (Å²) >= 11 is 0. The van der Waals surface area contributed by atoms with Crippen molar-refractivity contribution in [2.75, 3.05) is 11.9 Å². The molecule has 2 atom stereocenters. The molecule has 8 heteroatoms. The van der Waals surface area contributed by atoms with Crippen molar-refractivity contribution in [1.29, 1.82) is 0 Å². The third-order valence-electron chi connectivity index (χ3n) is 3.94. The zero-order valence-electron chi connectivity index (χ0n) is 12.9. The largest absolute Gasteiger partial charge is 0.462 e. The molecule has 1 N–H and O–H groups in total. The number of hydrogen-bond donors (Lipinski definition) is 1. The maximum atomic E-state index is 13.5. The van der Waals surface area contributed by atoms with Gasteiger partial charge in [-0.15, -0.1) is 0 Å². The Morgan fingerprint density at radius 3 is 2.71 bits per heavy atom. The Kier molecular flexibility index (Phi) is 4.21. The molecule has 0 unspecified atom stereocenters. The summed E-state index contributed by atoms with van der Waals surface area (Å²) < 4.78 is 46.1. The molecule has 1 aliphatic rings. The van der Waals surface area contributed by atoms with Crippen LogP contribution in [0.4, 0.5) is 19.0 Å². The van der Waals surface area contributed by atoms with Gasteiger partial charge in [-0.25, -0.2) is 9.48 Å². The second kappa shape index (κ2) is 6.18. The number of halogens is 3. The summed E-state index contributed by atoms with van der Waals surface area (Å²) in [6, 6.07) is 6.44.